The van der Waals surface area contributed by atoms with Crippen LogP contribution in [0.3, 0.4) is 0 Å². The fourth-order valence-corrected chi connectivity index (χ4v) is 7.56. The third kappa shape index (κ3) is 9.50. The number of anilines is 2. The van der Waals surface area contributed by atoms with Crippen LogP contribution in [0.1, 0.15) is 160 Å². The van der Waals surface area contributed by atoms with Crippen LogP contribution in [0.4, 0.5) is 11.4 Å². The number of nitrogens with two attached hydrogens (primary N) is 2. The molecule has 0 aliphatic carbocycles. The highest BCUT2D eigenvalue weighted by atomic mass is 14.5. The second-order valence-electron chi connectivity index (χ2n) is 13.7. The second-order valence-corrected chi connectivity index (χ2v) is 13.7. The molecule has 4 aromatic carbocycles. The molecule has 0 bridgehead atoms. The van der Waals surface area contributed by atoms with Gasteiger partial charge in [0.05, 0.1) is 0 Å². The predicted octanol–water partition coefficient (Wildman–Crippen LogP) is 12.6. The largest absolute Gasteiger partial charge is 0.399 e. The van der Waals surface area contributed by atoms with Crippen molar-refractivity contribution in [2.45, 2.75) is 129 Å². The Morgan fingerprint density at radius 2 is 0.783 bits per heavy atom. The zero-order chi connectivity index (χ0) is 32.9. The van der Waals surface area contributed by atoms with Crippen molar-refractivity contribution >= 4 is 11.4 Å². The lowest BCUT2D eigenvalue weighted by atomic mass is 9.81. The first-order valence-corrected chi connectivity index (χ1v) is 18.3. The van der Waals surface area contributed by atoms with E-state index in [0.29, 0.717) is 17.8 Å². The molecule has 0 fully saturated rings. The van der Waals surface area contributed by atoms with E-state index in [-0.39, 0.29) is 0 Å². The monoisotopic (exact) mass is 616 g/mol. The Morgan fingerprint density at radius 1 is 0.435 bits per heavy atom. The maximum Gasteiger partial charge on any atom is 0.0316 e. The van der Waals surface area contributed by atoms with Gasteiger partial charge in [-0.25, -0.2) is 0 Å². The lowest BCUT2D eigenvalue weighted by Crippen LogP contribution is -2.06. The molecule has 2 heteroatoms. The predicted molar refractivity (Wildman–Crippen MR) is 202 cm³/mol. The molecule has 0 aromatic heterocycles. The topological polar surface area (TPSA) is 52.0 Å². The molecule has 0 aliphatic rings. The molecule has 0 heterocycles. The van der Waals surface area contributed by atoms with Crippen LogP contribution in [0.25, 0.3) is 0 Å². The van der Waals surface area contributed by atoms with E-state index in [2.05, 4.69) is 107 Å². The summed E-state index contributed by atoms with van der Waals surface area (Å²) in [5, 5.41) is 0. The van der Waals surface area contributed by atoms with Crippen LogP contribution >= 0.6 is 0 Å². The molecule has 0 saturated heterocycles. The van der Waals surface area contributed by atoms with E-state index in [0.717, 1.165) is 24.2 Å². The van der Waals surface area contributed by atoms with Gasteiger partial charge in [-0.05, 0) is 102 Å². The van der Waals surface area contributed by atoms with E-state index in [4.69, 9.17) is 11.5 Å². The van der Waals surface area contributed by atoms with Crippen LogP contribution in [-0.2, 0) is 0 Å². The Hall–Kier alpha value is -3.52. The van der Waals surface area contributed by atoms with Crippen LogP contribution in [0.2, 0.25) is 0 Å². The van der Waals surface area contributed by atoms with E-state index in [9.17, 15) is 0 Å². The molecule has 2 atom stereocenters. The van der Waals surface area contributed by atoms with Crippen molar-refractivity contribution in [1.82, 2.24) is 0 Å². The van der Waals surface area contributed by atoms with Crippen LogP contribution in [0.15, 0.2) is 84.9 Å². The minimum absolute atomic E-state index is 0.382. The SMILES string of the molecule is CCCCCCCCCCCC(c1ccc(C(CC)c2ccc(N)cc2C)cc1)c1ccc(C(CC)c2ccc(N)cc2C)cc1. The summed E-state index contributed by atoms with van der Waals surface area (Å²) in [6.07, 6.45) is 15.6. The molecular weight excluding hydrogens is 556 g/mol. The third-order valence-electron chi connectivity index (χ3n) is 10.2. The average molecular weight is 617 g/mol. The van der Waals surface area contributed by atoms with Gasteiger partial charge >= 0.3 is 0 Å². The van der Waals surface area contributed by atoms with Gasteiger partial charge in [-0.2, -0.15) is 0 Å². The van der Waals surface area contributed by atoms with Gasteiger partial charge in [0, 0.05) is 29.1 Å². The molecule has 0 amide bonds. The van der Waals surface area contributed by atoms with E-state index in [1.165, 1.54) is 109 Å². The normalized spacial score (nSPS) is 13.4. The summed E-state index contributed by atoms with van der Waals surface area (Å²) in [5.41, 5.74) is 24.8. The fraction of sp³-hybridized carbons (Fsp3) is 0.455. The lowest BCUT2D eigenvalue weighted by Gasteiger charge is -2.23. The quantitative estimate of drug-likeness (QED) is 0.0863. The molecule has 2 unspecified atom stereocenters. The van der Waals surface area contributed by atoms with Crippen molar-refractivity contribution < 1.29 is 0 Å². The Bertz CT molecular complexity index is 1360. The smallest absolute Gasteiger partial charge is 0.0316 e. The molecule has 0 spiro atoms. The highest BCUT2D eigenvalue weighted by molar-refractivity contribution is 5.49. The first-order valence-electron chi connectivity index (χ1n) is 18.3. The van der Waals surface area contributed by atoms with Crippen molar-refractivity contribution in [2.75, 3.05) is 11.5 Å². The zero-order valence-electron chi connectivity index (χ0n) is 29.5. The number of hydrogen-bond donors (Lipinski definition) is 2. The van der Waals surface area contributed by atoms with Gasteiger partial charge in [0.15, 0.2) is 0 Å². The van der Waals surface area contributed by atoms with Crippen molar-refractivity contribution in [3.8, 4) is 0 Å². The number of benzene rings is 4. The van der Waals surface area contributed by atoms with E-state index >= 15 is 0 Å². The molecule has 0 saturated carbocycles. The molecule has 46 heavy (non-hydrogen) atoms. The molecule has 246 valence electrons. The molecule has 0 aliphatic heterocycles. The third-order valence-corrected chi connectivity index (χ3v) is 10.2. The number of hydrogen-bond acceptors (Lipinski definition) is 2. The molecular formula is C44H60N2. The first-order chi connectivity index (χ1) is 22.4. The minimum Gasteiger partial charge on any atom is -0.399 e. The molecule has 4 rings (SSSR count). The molecule has 4 aromatic rings. The summed E-state index contributed by atoms with van der Waals surface area (Å²) < 4.78 is 0. The van der Waals surface area contributed by atoms with Gasteiger partial charge in [0.2, 0.25) is 0 Å². The van der Waals surface area contributed by atoms with Gasteiger partial charge in [0.1, 0.15) is 0 Å². The molecule has 2 nitrogen and oxygen atoms in total. The summed E-state index contributed by atoms with van der Waals surface area (Å²) in [6.45, 7) is 11.2. The zero-order valence-corrected chi connectivity index (χ0v) is 29.5. The summed E-state index contributed by atoms with van der Waals surface area (Å²) in [4.78, 5) is 0. The maximum absolute atomic E-state index is 6.08. The van der Waals surface area contributed by atoms with Gasteiger partial charge in [-0.15, -0.1) is 0 Å². The Kier molecular flexibility index (Phi) is 13.8. The Balaban J connectivity index is 1.53. The highest BCUT2D eigenvalue weighted by Gasteiger charge is 2.20. The molecule has 4 N–H and O–H groups in total. The summed E-state index contributed by atoms with van der Waals surface area (Å²) in [7, 11) is 0. The van der Waals surface area contributed by atoms with Crippen LogP contribution < -0.4 is 11.5 Å². The number of aryl methyl sites for hydroxylation is 2. The average Bonchev–Trinajstić information content (AvgIpc) is 3.05. The van der Waals surface area contributed by atoms with Crippen molar-refractivity contribution in [3.63, 3.8) is 0 Å². The summed E-state index contributed by atoms with van der Waals surface area (Å²) in [6, 6.07) is 31.9. The second kappa shape index (κ2) is 18.0. The highest BCUT2D eigenvalue weighted by Crippen LogP contribution is 2.37. The van der Waals surface area contributed by atoms with Crippen LogP contribution in [-0.4, -0.2) is 0 Å². The minimum atomic E-state index is 0.382. The van der Waals surface area contributed by atoms with E-state index in [1.807, 2.05) is 12.1 Å². The number of unbranched alkanes of at least 4 members (excludes halogenated alkanes) is 8. The lowest BCUT2D eigenvalue weighted by molar-refractivity contribution is 0.545. The van der Waals surface area contributed by atoms with Crippen molar-refractivity contribution in [2.24, 2.45) is 0 Å². The standard InChI is InChI=1S/C44H60N2/c1-6-9-10-11-12-13-14-15-16-17-44(36-22-18-34(19-23-36)40(7-2)42-28-26-38(45)30-32(42)4)37-24-20-35(21-25-37)41(8-3)43-29-27-39(46)31-33(43)5/h18-31,40-41,44H,6-17,45-46H2,1-5H3. The van der Waals surface area contributed by atoms with Gasteiger partial charge in [-0.3, -0.25) is 0 Å². The van der Waals surface area contributed by atoms with Crippen molar-refractivity contribution in [1.29, 1.82) is 0 Å². The Morgan fingerprint density at radius 3 is 1.13 bits per heavy atom. The number of nitrogen functional groups attached to an aromatic ring is 2. The first kappa shape index (κ1) is 35.3. The van der Waals surface area contributed by atoms with E-state index in [1.54, 1.807) is 0 Å². The van der Waals surface area contributed by atoms with Gasteiger partial charge in [-0.1, -0.05) is 139 Å². The Labute approximate surface area is 281 Å². The van der Waals surface area contributed by atoms with E-state index < -0.39 is 0 Å². The van der Waals surface area contributed by atoms with Crippen LogP contribution in [0, 0.1) is 13.8 Å². The van der Waals surface area contributed by atoms with Crippen molar-refractivity contribution in [3.05, 3.63) is 129 Å². The van der Waals surface area contributed by atoms with Crippen LogP contribution in [0.5, 0.6) is 0 Å². The number of rotatable bonds is 18. The molecule has 0 radical (unpaired) electrons. The van der Waals surface area contributed by atoms with Gasteiger partial charge < -0.3 is 11.5 Å². The summed E-state index contributed by atoms with van der Waals surface area (Å²) >= 11 is 0. The summed E-state index contributed by atoms with van der Waals surface area (Å²) in [5.74, 6) is 1.17. The maximum atomic E-state index is 6.08. The fourth-order valence-electron chi connectivity index (χ4n) is 7.56. The van der Waals surface area contributed by atoms with Gasteiger partial charge in [0.25, 0.3) is 0 Å².